The molecule has 6 nitrogen and oxygen atoms in total. The number of amides is 2. The van der Waals surface area contributed by atoms with Gasteiger partial charge in [0.15, 0.2) is 4.34 Å². The van der Waals surface area contributed by atoms with E-state index in [0.717, 1.165) is 23.2 Å². The van der Waals surface area contributed by atoms with Gasteiger partial charge in [-0.1, -0.05) is 83.3 Å². The molecule has 0 aliphatic carbocycles. The zero-order chi connectivity index (χ0) is 23.0. The Morgan fingerprint density at radius 1 is 0.848 bits per heavy atom. The van der Waals surface area contributed by atoms with Gasteiger partial charge in [-0.2, -0.15) is 0 Å². The van der Waals surface area contributed by atoms with Gasteiger partial charge in [-0.05, 0) is 48.7 Å². The van der Waals surface area contributed by atoms with Crippen LogP contribution in [0.5, 0.6) is 0 Å². The molecular weight excluding hydrogens is 452 g/mol. The van der Waals surface area contributed by atoms with Crippen LogP contribution in [0.4, 0.5) is 10.8 Å². The average molecular weight is 475 g/mol. The molecule has 0 spiro atoms. The highest BCUT2D eigenvalue weighted by molar-refractivity contribution is 8.01. The number of nitrogens with one attached hydrogen (secondary N) is 2. The third-order valence-electron chi connectivity index (χ3n) is 4.76. The van der Waals surface area contributed by atoms with Crippen LogP contribution >= 0.6 is 23.1 Å². The second kappa shape index (κ2) is 10.9. The van der Waals surface area contributed by atoms with Crippen molar-refractivity contribution in [2.45, 2.75) is 17.7 Å². The van der Waals surface area contributed by atoms with E-state index >= 15 is 0 Å². The van der Waals surface area contributed by atoms with Gasteiger partial charge in [0.05, 0.1) is 5.75 Å². The minimum Gasteiger partial charge on any atom is -0.325 e. The molecule has 0 bridgehead atoms. The molecule has 166 valence electrons. The molecule has 0 aliphatic rings. The van der Waals surface area contributed by atoms with Crippen LogP contribution < -0.4 is 10.6 Å². The van der Waals surface area contributed by atoms with Crippen LogP contribution in [0.3, 0.4) is 0 Å². The van der Waals surface area contributed by atoms with Gasteiger partial charge in [0.2, 0.25) is 11.0 Å². The normalized spacial score (nSPS) is 10.6. The van der Waals surface area contributed by atoms with Gasteiger partial charge < -0.3 is 5.32 Å². The first-order chi connectivity index (χ1) is 16.0. The second-order valence-corrected chi connectivity index (χ2v) is 9.59. The summed E-state index contributed by atoms with van der Waals surface area (Å²) in [6, 6.07) is 25.3. The molecule has 4 aromatic rings. The van der Waals surface area contributed by atoms with E-state index in [1.165, 1.54) is 28.7 Å². The lowest BCUT2D eigenvalue weighted by atomic mass is 10.0. The molecule has 1 aromatic heterocycles. The summed E-state index contributed by atoms with van der Waals surface area (Å²) >= 11 is 2.52. The summed E-state index contributed by atoms with van der Waals surface area (Å²) in [6.45, 7) is 1.99. The number of hydrogen-bond acceptors (Lipinski definition) is 6. The lowest BCUT2D eigenvalue weighted by Gasteiger charge is -2.05. The van der Waals surface area contributed by atoms with Crippen molar-refractivity contribution in [1.82, 2.24) is 10.2 Å². The Morgan fingerprint density at radius 2 is 1.55 bits per heavy atom. The van der Waals surface area contributed by atoms with E-state index in [9.17, 15) is 9.59 Å². The Morgan fingerprint density at radius 3 is 2.27 bits per heavy atom. The maximum atomic E-state index is 12.5. The van der Waals surface area contributed by atoms with Gasteiger partial charge in [0, 0.05) is 11.3 Å². The van der Waals surface area contributed by atoms with E-state index in [1.807, 2.05) is 61.5 Å². The van der Waals surface area contributed by atoms with Crippen molar-refractivity contribution >= 4 is 45.7 Å². The number of aryl methyl sites for hydroxylation is 1. The molecule has 3 aromatic carbocycles. The number of thioether (sulfide) groups is 1. The highest BCUT2D eigenvalue weighted by Crippen LogP contribution is 2.26. The van der Waals surface area contributed by atoms with Crippen LogP contribution in [0.2, 0.25) is 0 Å². The van der Waals surface area contributed by atoms with Crippen molar-refractivity contribution in [2.24, 2.45) is 0 Å². The number of anilines is 2. The topological polar surface area (TPSA) is 84.0 Å². The Balaban J connectivity index is 1.26. The summed E-state index contributed by atoms with van der Waals surface area (Å²) in [4.78, 5) is 24.7. The third kappa shape index (κ3) is 6.74. The fraction of sp³-hybridized carbons (Fsp3) is 0.120. The number of rotatable bonds is 8. The first-order valence-corrected chi connectivity index (χ1v) is 12.1. The van der Waals surface area contributed by atoms with Crippen molar-refractivity contribution in [2.75, 3.05) is 16.4 Å². The molecule has 0 atom stereocenters. The fourth-order valence-corrected chi connectivity index (χ4v) is 4.60. The summed E-state index contributed by atoms with van der Waals surface area (Å²) in [5.74, 6) is -0.161. The number of aromatic nitrogens is 2. The Kier molecular flexibility index (Phi) is 7.49. The molecule has 4 rings (SSSR count). The van der Waals surface area contributed by atoms with Crippen LogP contribution in [0.15, 0.2) is 83.2 Å². The highest BCUT2D eigenvalue weighted by Gasteiger charge is 2.12. The zero-order valence-corrected chi connectivity index (χ0v) is 19.6. The number of carbonyl (C=O) groups excluding carboxylic acids is 2. The molecule has 0 saturated carbocycles. The molecule has 1 heterocycles. The third-order valence-corrected chi connectivity index (χ3v) is 6.73. The van der Waals surface area contributed by atoms with Gasteiger partial charge in [-0.25, -0.2) is 0 Å². The largest absolute Gasteiger partial charge is 0.325 e. The van der Waals surface area contributed by atoms with E-state index in [1.54, 1.807) is 12.1 Å². The second-order valence-electron chi connectivity index (χ2n) is 7.39. The Labute approximate surface area is 200 Å². The summed E-state index contributed by atoms with van der Waals surface area (Å²) in [7, 11) is 0. The average Bonchev–Trinajstić information content (AvgIpc) is 3.27. The summed E-state index contributed by atoms with van der Waals surface area (Å²) in [6.07, 6.45) is 0.817. The molecule has 8 heteroatoms. The minimum absolute atomic E-state index is 0.125. The van der Waals surface area contributed by atoms with Gasteiger partial charge >= 0.3 is 0 Å². The van der Waals surface area contributed by atoms with Crippen LogP contribution in [-0.4, -0.2) is 27.8 Å². The number of nitrogens with zero attached hydrogens (tertiary/aromatic N) is 2. The van der Waals surface area contributed by atoms with Crippen molar-refractivity contribution in [3.63, 3.8) is 0 Å². The standard InChI is InChI=1S/C25H22N4O2S2/c1-17-7-13-21(14-8-17)26-22(30)16-32-25-29-28-24(33-25)27-23(31)20-11-9-19(10-12-20)15-18-5-3-2-4-6-18/h2-14H,15-16H2,1H3,(H,26,30)(H,27,28,31). The van der Waals surface area contributed by atoms with Crippen molar-refractivity contribution in [3.05, 3.63) is 101 Å². The van der Waals surface area contributed by atoms with Crippen molar-refractivity contribution in [1.29, 1.82) is 0 Å². The SMILES string of the molecule is Cc1ccc(NC(=O)CSc2nnc(NC(=O)c3ccc(Cc4ccccc4)cc3)s2)cc1. The fourth-order valence-electron chi connectivity index (χ4n) is 3.05. The predicted octanol–water partition coefficient (Wildman–Crippen LogP) is 5.42. The van der Waals surface area contributed by atoms with Gasteiger partial charge in [0.1, 0.15) is 0 Å². The molecular formula is C25H22N4O2S2. The predicted molar refractivity (Wildman–Crippen MR) is 134 cm³/mol. The molecule has 0 unspecified atom stereocenters. The number of hydrogen-bond donors (Lipinski definition) is 2. The Hall–Kier alpha value is -3.49. The summed E-state index contributed by atoms with van der Waals surface area (Å²) in [5.41, 5.74) is 4.80. The quantitative estimate of drug-likeness (QED) is 0.263. The van der Waals surface area contributed by atoms with Gasteiger partial charge in [0.25, 0.3) is 5.91 Å². The monoisotopic (exact) mass is 474 g/mol. The van der Waals surface area contributed by atoms with Crippen LogP contribution in [0, 0.1) is 6.92 Å². The first-order valence-electron chi connectivity index (χ1n) is 10.3. The summed E-state index contributed by atoms with van der Waals surface area (Å²) in [5, 5.41) is 14.1. The smallest absolute Gasteiger partial charge is 0.257 e. The van der Waals surface area contributed by atoms with Gasteiger partial charge in [-0.3, -0.25) is 14.9 Å². The highest BCUT2D eigenvalue weighted by atomic mass is 32.2. The van der Waals surface area contributed by atoms with Gasteiger partial charge in [-0.15, -0.1) is 10.2 Å². The molecule has 33 heavy (non-hydrogen) atoms. The lowest BCUT2D eigenvalue weighted by molar-refractivity contribution is -0.113. The van der Waals surface area contributed by atoms with E-state index in [-0.39, 0.29) is 17.6 Å². The van der Waals surface area contributed by atoms with E-state index in [0.29, 0.717) is 15.0 Å². The van der Waals surface area contributed by atoms with Crippen molar-refractivity contribution < 1.29 is 9.59 Å². The van der Waals surface area contributed by atoms with Crippen LogP contribution in [0.25, 0.3) is 0 Å². The van der Waals surface area contributed by atoms with E-state index < -0.39 is 0 Å². The Bertz CT molecular complexity index is 1220. The molecule has 0 aliphatic heterocycles. The maximum absolute atomic E-state index is 12.5. The maximum Gasteiger partial charge on any atom is 0.257 e. The number of benzene rings is 3. The molecule has 2 amide bonds. The van der Waals surface area contributed by atoms with Crippen LogP contribution in [-0.2, 0) is 11.2 Å². The zero-order valence-electron chi connectivity index (χ0n) is 17.9. The molecule has 0 radical (unpaired) electrons. The minimum atomic E-state index is -0.244. The molecule has 2 N–H and O–H groups in total. The summed E-state index contributed by atoms with van der Waals surface area (Å²) < 4.78 is 0.613. The molecule has 0 fully saturated rings. The van der Waals surface area contributed by atoms with E-state index in [2.05, 4.69) is 33.0 Å². The van der Waals surface area contributed by atoms with Crippen LogP contribution in [0.1, 0.15) is 27.0 Å². The van der Waals surface area contributed by atoms with E-state index in [4.69, 9.17) is 0 Å². The first kappa shape index (κ1) is 22.7. The van der Waals surface area contributed by atoms with Crippen molar-refractivity contribution in [3.8, 4) is 0 Å². The number of carbonyl (C=O) groups is 2. The lowest BCUT2D eigenvalue weighted by Crippen LogP contribution is -2.13. The molecule has 0 saturated heterocycles.